The molecule has 1 N–H and O–H groups in total. The number of aliphatic carboxylic acids is 1. The quantitative estimate of drug-likeness (QED) is 0.311. The van der Waals surface area contributed by atoms with Crippen LogP contribution in [-0.4, -0.2) is 37.5 Å². The maximum absolute atomic E-state index is 10.5. The molecule has 4 heteroatoms. The summed E-state index contributed by atoms with van der Waals surface area (Å²) in [5.41, 5.74) is 0. The Hall–Kier alpha value is -0.610. The minimum absolute atomic E-state index is 0.0393. The molecular formula is C20H40O4. The largest absolute Gasteiger partial charge is 0.481 e. The first-order chi connectivity index (χ1) is 11.7. The van der Waals surface area contributed by atoms with Gasteiger partial charge in [-0.25, -0.2) is 0 Å². The molecule has 0 saturated carbocycles. The minimum Gasteiger partial charge on any atom is -0.481 e. The number of hydrogen-bond acceptors (Lipinski definition) is 3. The zero-order chi connectivity index (χ0) is 17.9. The van der Waals surface area contributed by atoms with Crippen molar-refractivity contribution < 1.29 is 19.4 Å². The van der Waals surface area contributed by atoms with Crippen molar-refractivity contribution in [2.45, 2.75) is 103 Å². The van der Waals surface area contributed by atoms with Crippen molar-refractivity contribution in [2.75, 3.05) is 20.3 Å². The Balaban J connectivity index is 3.37. The van der Waals surface area contributed by atoms with E-state index in [4.69, 9.17) is 14.6 Å². The monoisotopic (exact) mass is 344 g/mol. The number of rotatable bonds is 19. The van der Waals surface area contributed by atoms with Gasteiger partial charge in [-0.05, 0) is 6.42 Å². The van der Waals surface area contributed by atoms with Gasteiger partial charge in [0.2, 0.25) is 0 Å². The number of carbonyl (C=O) groups is 1. The van der Waals surface area contributed by atoms with Gasteiger partial charge in [-0.2, -0.15) is 0 Å². The van der Waals surface area contributed by atoms with Gasteiger partial charge in [-0.15, -0.1) is 0 Å². The van der Waals surface area contributed by atoms with Crippen molar-refractivity contribution in [3.63, 3.8) is 0 Å². The van der Waals surface area contributed by atoms with Crippen LogP contribution in [0.5, 0.6) is 0 Å². The molecular weight excluding hydrogens is 304 g/mol. The van der Waals surface area contributed by atoms with Crippen LogP contribution < -0.4 is 0 Å². The summed E-state index contributed by atoms with van der Waals surface area (Å²) in [5.74, 6) is -0.809. The van der Waals surface area contributed by atoms with Crippen LogP contribution in [0.4, 0.5) is 0 Å². The molecule has 0 amide bonds. The molecule has 1 unspecified atom stereocenters. The molecule has 0 saturated heterocycles. The molecule has 0 radical (unpaired) electrons. The SMILES string of the molecule is CCCCCCCCCCCCCCC(COC)OCCC(=O)O. The van der Waals surface area contributed by atoms with E-state index in [0.717, 1.165) is 12.8 Å². The molecule has 0 fully saturated rings. The number of unbranched alkanes of at least 4 members (excludes halogenated alkanes) is 11. The van der Waals surface area contributed by atoms with E-state index in [-0.39, 0.29) is 19.1 Å². The van der Waals surface area contributed by atoms with Gasteiger partial charge in [0.1, 0.15) is 0 Å². The highest BCUT2D eigenvalue weighted by atomic mass is 16.5. The zero-order valence-corrected chi connectivity index (χ0v) is 16.1. The molecule has 0 aliphatic carbocycles. The van der Waals surface area contributed by atoms with Crippen molar-refractivity contribution in [1.82, 2.24) is 0 Å². The third kappa shape index (κ3) is 17.7. The summed E-state index contributed by atoms with van der Waals surface area (Å²) in [4.78, 5) is 10.5. The Morgan fingerprint density at radius 2 is 1.38 bits per heavy atom. The fourth-order valence-corrected chi connectivity index (χ4v) is 2.93. The summed E-state index contributed by atoms with van der Waals surface area (Å²) in [6, 6.07) is 0. The van der Waals surface area contributed by atoms with Crippen molar-refractivity contribution in [2.24, 2.45) is 0 Å². The molecule has 0 bridgehead atoms. The lowest BCUT2D eigenvalue weighted by molar-refractivity contribution is -0.139. The third-order valence-electron chi connectivity index (χ3n) is 4.40. The Kier molecular flexibility index (Phi) is 18.2. The molecule has 0 rings (SSSR count). The van der Waals surface area contributed by atoms with Crippen molar-refractivity contribution in [3.8, 4) is 0 Å². The lowest BCUT2D eigenvalue weighted by atomic mass is 10.0. The molecule has 0 aliphatic heterocycles. The van der Waals surface area contributed by atoms with Crippen molar-refractivity contribution >= 4 is 5.97 Å². The molecule has 0 aromatic carbocycles. The Morgan fingerprint density at radius 1 is 0.875 bits per heavy atom. The summed E-state index contributed by atoms with van der Waals surface area (Å²) in [7, 11) is 1.66. The highest BCUT2D eigenvalue weighted by molar-refractivity contribution is 5.66. The van der Waals surface area contributed by atoms with E-state index in [9.17, 15) is 4.79 Å². The number of ether oxygens (including phenoxy) is 2. The predicted octanol–water partition coefficient (Wildman–Crippen LogP) is 5.58. The van der Waals surface area contributed by atoms with E-state index in [2.05, 4.69) is 6.92 Å². The van der Waals surface area contributed by atoms with Crippen LogP contribution in [0.3, 0.4) is 0 Å². The second-order valence-electron chi connectivity index (χ2n) is 6.77. The maximum Gasteiger partial charge on any atom is 0.305 e. The molecule has 144 valence electrons. The van der Waals surface area contributed by atoms with Gasteiger partial charge in [-0.1, -0.05) is 84.0 Å². The first-order valence-electron chi connectivity index (χ1n) is 10.0. The average Bonchev–Trinajstić information content (AvgIpc) is 2.55. The van der Waals surface area contributed by atoms with Crippen LogP contribution in [0.2, 0.25) is 0 Å². The summed E-state index contributed by atoms with van der Waals surface area (Å²) in [6.07, 6.45) is 17.2. The van der Waals surface area contributed by atoms with Crippen LogP contribution in [-0.2, 0) is 14.3 Å². The van der Waals surface area contributed by atoms with Crippen molar-refractivity contribution in [3.05, 3.63) is 0 Å². The highest BCUT2D eigenvalue weighted by Gasteiger charge is 2.09. The van der Waals surface area contributed by atoms with E-state index in [1.807, 2.05) is 0 Å². The van der Waals surface area contributed by atoms with E-state index >= 15 is 0 Å². The molecule has 24 heavy (non-hydrogen) atoms. The third-order valence-corrected chi connectivity index (χ3v) is 4.40. The van der Waals surface area contributed by atoms with Gasteiger partial charge in [0.15, 0.2) is 0 Å². The molecule has 0 aliphatic rings. The zero-order valence-electron chi connectivity index (χ0n) is 16.1. The normalized spacial score (nSPS) is 12.4. The Labute approximate surface area is 149 Å². The smallest absolute Gasteiger partial charge is 0.305 e. The standard InChI is InChI=1S/C20H40O4/c1-3-4-5-6-7-8-9-10-11-12-13-14-15-19(18-23-2)24-17-16-20(21)22/h19H,3-18H2,1-2H3,(H,21,22). The molecule has 0 aromatic heterocycles. The Bertz CT molecular complexity index is 268. The van der Waals surface area contributed by atoms with Crippen molar-refractivity contribution in [1.29, 1.82) is 0 Å². The lowest BCUT2D eigenvalue weighted by Crippen LogP contribution is -2.20. The second-order valence-corrected chi connectivity index (χ2v) is 6.77. The number of carboxylic acid groups (broad SMARTS) is 1. The Morgan fingerprint density at radius 3 is 1.83 bits per heavy atom. The van der Waals surface area contributed by atoms with Gasteiger partial charge < -0.3 is 14.6 Å². The van der Waals surface area contributed by atoms with Gasteiger partial charge in [-0.3, -0.25) is 4.79 Å². The first-order valence-corrected chi connectivity index (χ1v) is 10.0. The molecule has 0 spiro atoms. The second kappa shape index (κ2) is 18.7. The topological polar surface area (TPSA) is 55.8 Å². The van der Waals surface area contributed by atoms with Gasteiger partial charge in [0.05, 0.1) is 25.7 Å². The van der Waals surface area contributed by atoms with Gasteiger partial charge in [0, 0.05) is 7.11 Å². The van der Waals surface area contributed by atoms with E-state index in [1.165, 1.54) is 70.6 Å². The molecule has 1 atom stereocenters. The number of methoxy groups -OCH3 is 1. The molecule has 0 aromatic rings. The van der Waals surface area contributed by atoms with E-state index < -0.39 is 5.97 Å². The summed E-state index contributed by atoms with van der Waals surface area (Å²) in [6.45, 7) is 3.10. The van der Waals surface area contributed by atoms with Crippen LogP contribution in [0, 0.1) is 0 Å². The van der Waals surface area contributed by atoms with E-state index in [0.29, 0.717) is 6.61 Å². The van der Waals surface area contributed by atoms with Crippen LogP contribution >= 0.6 is 0 Å². The number of carboxylic acids is 1. The predicted molar refractivity (Wildman–Crippen MR) is 99.6 cm³/mol. The summed E-state index contributed by atoms with van der Waals surface area (Å²) < 4.78 is 10.7. The lowest BCUT2D eigenvalue weighted by Gasteiger charge is -2.16. The summed E-state index contributed by atoms with van der Waals surface area (Å²) >= 11 is 0. The highest BCUT2D eigenvalue weighted by Crippen LogP contribution is 2.14. The maximum atomic E-state index is 10.5. The first kappa shape index (κ1) is 23.4. The van der Waals surface area contributed by atoms with Crippen LogP contribution in [0.15, 0.2) is 0 Å². The molecule has 0 heterocycles. The fourth-order valence-electron chi connectivity index (χ4n) is 2.93. The van der Waals surface area contributed by atoms with Gasteiger partial charge in [0.25, 0.3) is 0 Å². The van der Waals surface area contributed by atoms with Crippen LogP contribution in [0.25, 0.3) is 0 Å². The molecule has 4 nitrogen and oxygen atoms in total. The van der Waals surface area contributed by atoms with Crippen LogP contribution in [0.1, 0.15) is 96.8 Å². The van der Waals surface area contributed by atoms with Gasteiger partial charge >= 0.3 is 5.97 Å². The average molecular weight is 345 g/mol. The number of hydrogen-bond donors (Lipinski definition) is 1. The van der Waals surface area contributed by atoms with E-state index in [1.54, 1.807) is 7.11 Å². The summed E-state index contributed by atoms with van der Waals surface area (Å²) in [5, 5.41) is 8.63. The minimum atomic E-state index is -0.809. The fraction of sp³-hybridized carbons (Fsp3) is 0.950.